The normalized spacial score (nSPS) is 21.7. The van der Waals surface area contributed by atoms with Gasteiger partial charge in [0.2, 0.25) is 5.91 Å². The number of carbonyl (C=O) groups is 1. The van der Waals surface area contributed by atoms with Crippen LogP contribution in [0, 0.1) is 22.7 Å². The maximum Gasteiger partial charge on any atom is 0.239 e. The second kappa shape index (κ2) is 4.00. The highest BCUT2D eigenvalue weighted by Gasteiger charge is 2.34. The van der Waals surface area contributed by atoms with E-state index in [4.69, 9.17) is 5.26 Å². The summed E-state index contributed by atoms with van der Waals surface area (Å²) < 4.78 is 0. The van der Waals surface area contributed by atoms with Crippen molar-refractivity contribution < 1.29 is 4.79 Å². The quantitative estimate of drug-likeness (QED) is 0.672. The standard InChI is InChI=1S/C11H18N2O/c1-4-9(7-12)10(14)13-6-5-11(2,3)8-13/h9H,4-6,8H2,1-3H3. The molecule has 0 aromatic carbocycles. The Hall–Kier alpha value is -1.04. The van der Waals surface area contributed by atoms with Gasteiger partial charge in [-0.05, 0) is 18.3 Å². The first-order valence-electron chi connectivity index (χ1n) is 5.18. The predicted octanol–water partition coefficient (Wildman–Crippen LogP) is 1.79. The Morgan fingerprint density at radius 1 is 1.64 bits per heavy atom. The van der Waals surface area contributed by atoms with Crippen LogP contribution < -0.4 is 0 Å². The van der Waals surface area contributed by atoms with Crippen molar-refractivity contribution in [1.29, 1.82) is 5.26 Å². The summed E-state index contributed by atoms with van der Waals surface area (Å²) in [4.78, 5) is 13.6. The van der Waals surface area contributed by atoms with Crippen LogP contribution >= 0.6 is 0 Å². The van der Waals surface area contributed by atoms with E-state index in [2.05, 4.69) is 19.9 Å². The molecule has 1 fully saturated rings. The highest BCUT2D eigenvalue weighted by molar-refractivity contribution is 5.81. The Balaban J connectivity index is 2.60. The summed E-state index contributed by atoms with van der Waals surface area (Å²) in [6.45, 7) is 7.81. The predicted molar refractivity (Wildman–Crippen MR) is 54.4 cm³/mol. The van der Waals surface area contributed by atoms with E-state index in [1.807, 2.05) is 11.8 Å². The highest BCUT2D eigenvalue weighted by Crippen LogP contribution is 2.29. The molecule has 0 bridgehead atoms. The zero-order valence-electron chi connectivity index (χ0n) is 9.21. The van der Waals surface area contributed by atoms with E-state index in [9.17, 15) is 4.79 Å². The molecule has 1 amide bonds. The van der Waals surface area contributed by atoms with E-state index in [0.29, 0.717) is 6.42 Å². The van der Waals surface area contributed by atoms with E-state index >= 15 is 0 Å². The zero-order chi connectivity index (χ0) is 10.8. The van der Waals surface area contributed by atoms with Gasteiger partial charge in [0.25, 0.3) is 0 Å². The summed E-state index contributed by atoms with van der Waals surface area (Å²) >= 11 is 0. The van der Waals surface area contributed by atoms with Crippen molar-refractivity contribution in [2.45, 2.75) is 33.6 Å². The number of nitrogens with zero attached hydrogens (tertiary/aromatic N) is 2. The molecule has 1 rings (SSSR count). The summed E-state index contributed by atoms with van der Waals surface area (Å²) in [5, 5.41) is 8.79. The third kappa shape index (κ3) is 2.25. The number of hydrogen-bond acceptors (Lipinski definition) is 2. The molecule has 1 unspecified atom stereocenters. The summed E-state index contributed by atoms with van der Waals surface area (Å²) in [7, 11) is 0. The number of nitriles is 1. The van der Waals surface area contributed by atoms with Crippen LogP contribution in [0.2, 0.25) is 0 Å². The highest BCUT2D eigenvalue weighted by atomic mass is 16.2. The van der Waals surface area contributed by atoms with Gasteiger partial charge in [-0.15, -0.1) is 0 Å². The number of hydrogen-bond donors (Lipinski definition) is 0. The first-order valence-corrected chi connectivity index (χ1v) is 5.18. The first-order chi connectivity index (χ1) is 6.50. The van der Waals surface area contributed by atoms with Crippen molar-refractivity contribution in [2.75, 3.05) is 13.1 Å². The molecule has 78 valence electrons. The lowest BCUT2D eigenvalue weighted by Crippen LogP contribution is -2.34. The minimum absolute atomic E-state index is 0.0144. The Morgan fingerprint density at radius 3 is 2.64 bits per heavy atom. The number of likely N-dealkylation sites (tertiary alicyclic amines) is 1. The zero-order valence-corrected chi connectivity index (χ0v) is 9.21. The number of amides is 1. The second-order valence-electron chi connectivity index (χ2n) is 4.76. The molecule has 1 aliphatic rings. The molecule has 14 heavy (non-hydrogen) atoms. The van der Waals surface area contributed by atoms with Crippen molar-refractivity contribution in [3.05, 3.63) is 0 Å². The molecule has 1 saturated heterocycles. The SMILES string of the molecule is CCC(C#N)C(=O)N1CCC(C)(C)C1. The van der Waals surface area contributed by atoms with Crippen molar-refractivity contribution in [3.8, 4) is 6.07 Å². The monoisotopic (exact) mass is 194 g/mol. The van der Waals surface area contributed by atoms with Gasteiger partial charge in [0.05, 0.1) is 6.07 Å². The lowest BCUT2D eigenvalue weighted by atomic mass is 9.93. The van der Waals surface area contributed by atoms with Crippen molar-refractivity contribution in [3.63, 3.8) is 0 Å². The molecule has 0 aliphatic carbocycles. The topological polar surface area (TPSA) is 44.1 Å². The van der Waals surface area contributed by atoms with Gasteiger partial charge >= 0.3 is 0 Å². The Bertz CT molecular complexity index is 265. The molecule has 0 spiro atoms. The lowest BCUT2D eigenvalue weighted by Gasteiger charge is -2.21. The van der Waals surface area contributed by atoms with Crippen LogP contribution in [0.3, 0.4) is 0 Å². The van der Waals surface area contributed by atoms with Crippen LogP contribution in [0.25, 0.3) is 0 Å². The number of carbonyl (C=O) groups excluding carboxylic acids is 1. The van der Waals surface area contributed by atoms with Gasteiger partial charge in [-0.1, -0.05) is 20.8 Å². The molecular formula is C11H18N2O. The minimum Gasteiger partial charge on any atom is -0.341 e. The van der Waals surface area contributed by atoms with Gasteiger partial charge < -0.3 is 4.90 Å². The van der Waals surface area contributed by atoms with Crippen LogP contribution in [-0.2, 0) is 4.79 Å². The van der Waals surface area contributed by atoms with Gasteiger partial charge in [-0.25, -0.2) is 0 Å². The van der Waals surface area contributed by atoms with Crippen molar-refractivity contribution in [1.82, 2.24) is 4.90 Å². The Labute approximate surface area is 85.7 Å². The molecule has 1 atom stereocenters. The maximum absolute atomic E-state index is 11.8. The summed E-state index contributed by atoms with van der Waals surface area (Å²) in [6, 6.07) is 2.06. The summed E-state index contributed by atoms with van der Waals surface area (Å²) in [5.41, 5.74) is 0.226. The van der Waals surface area contributed by atoms with Gasteiger partial charge in [-0.2, -0.15) is 5.26 Å². The molecule has 0 saturated carbocycles. The van der Waals surface area contributed by atoms with Crippen molar-refractivity contribution >= 4 is 5.91 Å². The van der Waals surface area contributed by atoms with Crippen LogP contribution in [0.4, 0.5) is 0 Å². The van der Waals surface area contributed by atoms with Gasteiger partial charge in [0, 0.05) is 13.1 Å². The second-order valence-corrected chi connectivity index (χ2v) is 4.76. The Kier molecular flexibility index (Phi) is 3.15. The minimum atomic E-state index is -0.441. The van der Waals surface area contributed by atoms with E-state index < -0.39 is 5.92 Å². The third-order valence-corrected chi connectivity index (χ3v) is 2.85. The average molecular weight is 194 g/mol. The molecule has 0 aromatic rings. The molecule has 1 aliphatic heterocycles. The van der Waals surface area contributed by atoms with E-state index in [0.717, 1.165) is 19.5 Å². The first kappa shape index (κ1) is 11.0. The van der Waals surface area contributed by atoms with Crippen LogP contribution in [0.15, 0.2) is 0 Å². The molecule has 1 heterocycles. The van der Waals surface area contributed by atoms with E-state index in [1.165, 1.54) is 0 Å². The van der Waals surface area contributed by atoms with E-state index in [1.54, 1.807) is 0 Å². The largest absolute Gasteiger partial charge is 0.341 e. The molecule has 0 aromatic heterocycles. The van der Waals surface area contributed by atoms with Gasteiger partial charge in [0.1, 0.15) is 5.92 Å². The molecule has 0 radical (unpaired) electrons. The lowest BCUT2D eigenvalue weighted by molar-refractivity contribution is -0.133. The summed E-state index contributed by atoms with van der Waals surface area (Å²) in [6.07, 6.45) is 1.66. The average Bonchev–Trinajstić information content (AvgIpc) is 2.48. The van der Waals surface area contributed by atoms with Gasteiger partial charge in [-0.3, -0.25) is 4.79 Å². The maximum atomic E-state index is 11.8. The summed E-state index contributed by atoms with van der Waals surface area (Å²) in [5.74, 6) is -0.426. The Morgan fingerprint density at radius 2 is 2.29 bits per heavy atom. The fourth-order valence-corrected chi connectivity index (χ4v) is 1.84. The third-order valence-electron chi connectivity index (χ3n) is 2.85. The molecule has 3 heteroatoms. The molecule has 3 nitrogen and oxygen atoms in total. The fraction of sp³-hybridized carbons (Fsp3) is 0.818. The number of rotatable bonds is 2. The molecular weight excluding hydrogens is 176 g/mol. The van der Waals surface area contributed by atoms with Gasteiger partial charge in [0.15, 0.2) is 0 Å². The fourth-order valence-electron chi connectivity index (χ4n) is 1.84. The van der Waals surface area contributed by atoms with E-state index in [-0.39, 0.29) is 11.3 Å². The smallest absolute Gasteiger partial charge is 0.239 e. The van der Waals surface area contributed by atoms with Crippen LogP contribution in [0.5, 0.6) is 0 Å². The van der Waals surface area contributed by atoms with Crippen LogP contribution in [0.1, 0.15) is 33.6 Å². The van der Waals surface area contributed by atoms with Crippen LogP contribution in [-0.4, -0.2) is 23.9 Å². The molecule has 0 N–H and O–H groups in total. The van der Waals surface area contributed by atoms with Crippen molar-refractivity contribution in [2.24, 2.45) is 11.3 Å².